The minimum atomic E-state index is -0.0633. The van der Waals surface area contributed by atoms with Crippen LogP contribution in [0.2, 0.25) is 0 Å². The van der Waals surface area contributed by atoms with Crippen LogP contribution in [0.5, 0.6) is 0 Å². The summed E-state index contributed by atoms with van der Waals surface area (Å²) < 4.78 is 0. The lowest BCUT2D eigenvalue weighted by Crippen LogP contribution is -2.31. The van der Waals surface area contributed by atoms with Gasteiger partial charge in [-0.05, 0) is 18.9 Å². The maximum Gasteiger partial charge on any atom is 0.275 e. The molecule has 0 radical (unpaired) electrons. The van der Waals surface area contributed by atoms with Crippen molar-refractivity contribution >= 4 is 22.6 Å². The summed E-state index contributed by atoms with van der Waals surface area (Å²) in [6.07, 6.45) is 5.24. The first-order valence-corrected chi connectivity index (χ1v) is 8.01. The first kappa shape index (κ1) is 14.6. The number of H-pyrrole nitrogens is 1. The summed E-state index contributed by atoms with van der Waals surface area (Å²) in [5.41, 5.74) is 2.15. The number of hydrogen-bond acceptors (Lipinski definition) is 5. The number of amides is 1. The zero-order valence-electron chi connectivity index (χ0n) is 13.4. The second-order valence-electron chi connectivity index (χ2n) is 5.85. The Morgan fingerprint density at radius 2 is 2.21 bits per heavy atom. The number of anilines is 1. The number of hydrogen-bond donors (Lipinski definition) is 2. The van der Waals surface area contributed by atoms with Crippen LogP contribution in [0.4, 0.5) is 5.82 Å². The third kappa shape index (κ3) is 2.38. The Morgan fingerprint density at radius 1 is 1.33 bits per heavy atom. The van der Waals surface area contributed by atoms with Crippen LogP contribution in [0.1, 0.15) is 35.1 Å². The number of nitrogens with one attached hydrogen (secondary N) is 2. The molecule has 1 aromatic carbocycles. The van der Waals surface area contributed by atoms with Crippen molar-refractivity contribution in [2.24, 2.45) is 0 Å². The standard InChI is InChI=1S/C17H18N6O/c1-18-15-10-19-9-13(20-15)14-7-4-8-23(14)17(24)16-11-5-2-3-6-12(11)21-22-16/h2-3,5-6,9-10,14H,4,7-8H2,1H3,(H,18,20)(H,21,22)/t14-/m0/s1. The van der Waals surface area contributed by atoms with Crippen molar-refractivity contribution in [1.29, 1.82) is 0 Å². The van der Waals surface area contributed by atoms with Gasteiger partial charge in [0, 0.05) is 19.0 Å². The number of fused-ring (bicyclic) bond motifs is 1. The maximum absolute atomic E-state index is 13.0. The molecule has 2 aromatic heterocycles. The van der Waals surface area contributed by atoms with E-state index in [1.54, 1.807) is 19.4 Å². The molecule has 1 atom stereocenters. The van der Waals surface area contributed by atoms with Crippen LogP contribution in [0.3, 0.4) is 0 Å². The van der Waals surface area contributed by atoms with E-state index in [4.69, 9.17) is 0 Å². The number of benzene rings is 1. The van der Waals surface area contributed by atoms with Crippen molar-refractivity contribution in [3.05, 3.63) is 48.0 Å². The first-order chi connectivity index (χ1) is 11.8. The van der Waals surface area contributed by atoms with Gasteiger partial charge in [-0.2, -0.15) is 5.10 Å². The maximum atomic E-state index is 13.0. The SMILES string of the molecule is CNc1cncc([C@@H]2CCCN2C(=O)c2n[nH]c3ccccc23)n1. The van der Waals surface area contributed by atoms with E-state index in [-0.39, 0.29) is 11.9 Å². The lowest BCUT2D eigenvalue weighted by atomic mass is 10.1. The van der Waals surface area contributed by atoms with Gasteiger partial charge < -0.3 is 10.2 Å². The zero-order valence-corrected chi connectivity index (χ0v) is 13.4. The molecular formula is C17H18N6O. The molecule has 1 saturated heterocycles. The Balaban J connectivity index is 1.68. The van der Waals surface area contributed by atoms with Gasteiger partial charge in [0.1, 0.15) is 5.82 Å². The fourth-order valence-corrected chi connectivity index (χ4v) is 3.24. The summed E-state index contributed by atoms with van der Waals surface area (Å²) in [7, 11) is 1.81. The molecule has 7 heteroatoms. The van der Waals surface area contributed by atoms with Gasteiger partial charge in [0.2, 0.25) is 0 Å². The van der Waals surface area contributed by atoms with E-state index in [1.807, 2.05) is 29.2 Å². The number of nitrogens with zero attached hydrogens (tertiary/aromatic N) is 4. The number of rotatable bonds is 3. The number of carbonyl (C=O) groups excluding carboxylic acids is 1. The molecule has 7 nitrogen and oxygen atoms in total. The fraction of sp³-hybridized carbons (Fsp3) is 0.294. The molecule has 0 spiro atoms. The van der Waals surface area contributed by atoms with Gasteiger partial charge in [-0.1, -0.05) is 18.2 Å². The third-order valence-electron chi connectivity index (χ3n) is 4.44. The molecule has 4 rings (SSSR count). The Kier molecular flexibility index (Phi) is 3.60. The van der Waals surface area contributed by atoms with E-state index >= 15 is 0 Å². The van der Waals surface area contributed by atoms with Crippen molar-refractivity contribution in [3.8, 4) is 0 Å². The van der Waals surface area contributed by atoms with Crippen LogP contribution in [0, 0.1) is 0 Å². The van der Waals surface area contributed by atoms with Gasteiger partial charge >= 0.3 is 0 Å². The highest BCUT2D eigenvalue weighted by molar-refractivity contribution is 6.04. The summed E-state index contributed by atoms with van der Waals surface area (Å²) in [5, 5.41) is 11.0. The highest BCUT2D eigenvalue weighted by atomic mass is 16.2. The molecule has 0 unspecified atom stereocenters. The lowest BCUT2D eigenvalue weighted by Gasteiger charge is -2.23. The van der Waals surface area contributed by atoms with Crippen LogP contribution in [-0.4, -0.2) is 44.6 Å². The number of likely N-dealkylation sites (tertiary alicyclic amines) is 1. The number of carbonyl (C=O) groups is 1. The highest BCUT2D eigenvalue weighted by Crippen LogP contribution is 2.33. The average Bonchev–Trinajstić information content (AvgIpc) is 3.28. The normalized spacial score (nSPS) is 17.4. The summed E-state index contributed by atoms with van der Waals surface area (Å²) >= 11 is 0. The van der Waals surface area contributed by atoms with E-state index in [0.29, 0.717) is 18.1 Å². The largest absolute Gasteiger partial charge is 0.372 e. The van der Waals surface area contributed by atoms with Gasteiger partial charge in [0.15, 0.2) is 5.69 Å². The Hall–Kier alpha value is -2.96. The fourth-order valence-electron chi connectivity index (χ4n) is 3.24. The van der Waals surface area contributed by atoms with Gasteiger partial charge in [0.25, 0.3) is 5.91 Å². The van der Waals surface area contributed by atoms with Crippen LogP contribution in [0.25, 0.3) is 10.9 Å². The first-order valence-electron chi connectivity index (χ1n) is 8.01. The predicted molar refractivity (Wildman–Crippen MR) is 90.7 cm³/mol. The minimum Gasteiger partial charge on any atom is -0.372 e. The molecule has 0 saturated carbocycles. The van der Waals surface area contributed by atoms with E-state index in [9.17, 15) is 4.79 Å². The third-order valence-corrected chi connectivity index (χ3v) is 4.44. The average molecular weight is 322 g/mol. The van der Waals surface area contributed by atoms with Crippen molar-refractivity contribution in [1.82, 2.24) is 25.1 Å². The summed E-state index contributed by atoms with van der Waals surface area (Å²) in [4.78, 5) is 23.7. The van der Waals surface area contributed by atoms with E-state index in [0.717, 1.165) is 29.4 Å². The molecule has 1 amide bonds. The van der Waals surface area contributed by atoms with Gasteiger partial charge in [0.05, 0.1) is 29.6 Å². The Labute approximate surface area is 139 Å². The summed E-state index contributed by atoms with van der Waals surface area (Å²) in [6.45, 7) is 0.705. The van der Waals surface area contributed by atoms with Crippen LogP contribution < -0.4 is 5.32 Å². The van der Waals surface area contributed by atoms with Gasteiger partial charge in [-0.3, -0.25) is 14.9 Å². The van der Waals surface area contributed by atoms with Crippen LogP contribution in [0.15, 0.2) is 36.7 Å². The van der Waals surface area contributed by atoms with Crippen molar-refractivity contribution in [3.63, 3.8) is 0 Å². The van der Waals surface area contributed by atoms with Crippen molar-refractivity contribution in [2.45, 2.75) is 18.9 Å². The molecule has 1 aliphatic heterocycles. The quantitative estimate of drug-likeness (QED) is 0.773. The monoisotopic (exact) mass is 322 g/mol. The van der Waals surface area contributed by atoms with Gasteiger partial charge in [-0.25, -0.2) is 4.98 Å². The Morgan fingerprint density at radius 3 is 3.08 bits per heavy atom. The molecule has 2 N–H and O–H groups in total. The molecule has 3 aromatic rings. The molecule has 24 heavy (non-hydrogen) atoms. The topological polar surface area (TPSA) is 86.8 Å². The second-order valence-corrected chi connectivity index (χ2v) is 5.85. The van der Waals surface area contributed by atoms with Crippen LogP contribution >= 0.6 is 0 Å². The van der Waals surface area contributed by atoms with Crippen LogP contribution in [-0.2, 0) is 0 Å². The smallest absolute Gasteiger partial charge is 0.275 e. The molecule has 0 aliphatic carbocycles. The molecule has 1 fully saturated rings. The number of para-hydroxylation sites is 1. The zero-order chi connectivity index (χ0) is 16.5. The molecule has 3 heterocycles. The van der Waals surface area contributed by atoms with E-state index < -0.39 is 0 Å². The summed E-state index contributed by atoms with van der Waals surface area (Å²) in [5.74, 6) is 0.642. The number of aromatic nitrogens is 4. The van der Waals surface area contributed by atoms with Crippen molar-refractivity contribution in [2.75, 3.05) is 18.9 Å². The van der Waals surface area contributed by atoms with E-state index in [1.165, 1.54) is 0 Å². The highest BCUT2D eigenvalue weighted by Gasteiger charge is 2.33. The lowest BCUT2D eigenvalue weighted by molar-refractivity contribution is 0.0728. The minimum absolute atomic E-state index is 0.0613. The van der Waals surface area contributed by atoms with E-state index in [2.05, 4.69) is 25.5 Å². The van der Waals surface area contributed by atoms with Gasteiger partial charge in [-0.15, -0.1) is 0 Å². The predicted octanol–water partition coefficient (Wildman–Crippen LogP) is 2.37. The number of aromatic amines is 1. The van der Waals surface area contributed by atoms with Crippen molar-refractivity contribution < 1.29 is 4.79 Å². The molecular weight excluding hydrogens is 304 g/mol. The molecule has 0 bridgehead atoms. The second kappa shape index (κ2) is 5.92. The summed E-state index contributed by atoms with van der Waals surface area (Å²) in [6, 6.07) is 7.61. The Bertz CT molecular complexity index is 889. The molecule has 1 aliphatic rings. The molecule has 122 valence electrons.